The van der Waals surface area contributed by atoms with E-state index < -0.39 is 5.41 Å². The number of pyridine rings is 2. The molecule has 1 N–H and O–H groups in total. The number of benzene rings is 1. The second-order valence-corrected chi connectivity index (χ2v) is 8.89. The minimum atomic E-state index is -0.606. The van der Waals surface area contributed by atoms with E-state index in [2.05, 4.69) is 15.3 Å². The first-order chi connectivity index (χ1) is 16.5. The van der Waals surface area contributed by atoms with E-state index >= 15 is 0 Å². The number of rotatable bonds is 4. The molecule has 7 nitrogen and oxygen atoms in total. The molecule has 0 bridgehead atoms. The molecule has 2 aliphatic heterocycles. The number of likely N-dealkylation sites (tertiary alicyclic amines) is 1. The minimum absolute atomic E-state index is 0.0293. The topological polar surface area (TPSA) is 78.4 Å². The number of halogens is 1. The second kappa shape index (κ2) is 8.85. The number of nitrogens with zero attached hydrogens (tertiary/aromatic N) is 4. The number of carbonyl (C=O) groups excluding carboxylic acids is 2. The van der Waals surface area contributed by atoms with Crippen molar-refractivity contribution >= 4 is 17.8 Å². The van der Waals surface area contributed by atoms with E-state index in [-0.39, 0.29) is 29.8 Å². The summed E-state index contributed by atoms with van der Waals surface area (Å²) < 4.78 is 13.2. The van der Waals surface area contributed by atoms with Crippen LogP contribution in [0.1, 0.15) is 43.1 Å². The van der Waals surface area contributed by atoms with Crippen LogP contribution in [0.4, 0.5) is 15.0 Å². The summed E-state index contributed by atoms with van der Waals surface area (Å²) in [5.74, 6) is 0.333. The van der Waals surface area contributed by atoms with Crippen molar-refractivity contribution in [3.8, 4) is 0 Å². The lowest BCUT2D eigenvalue weighted by Gasteiger charge is -2.57. The van der Waals surface area contributed by atoms with Gasteiger partial charge in [0.25, 0.3) is 0 Å². The van der Waals surface area contributed by atoms with Gasteiger partial charge in [-0.3, -0.25) is 14.7 Å². The first kappa shape index (κ1) is 22.0. The van der Waals surface area contributed by atoms with Crippen molar-refractivity contribution in [1.29, 1.82) is 0 Å². The van der Waals surface area contributed by atoms with Crippen LogP contribution in [0, 0.1) is 11.2 Å². The number of amides is 3. The SMILES string of the molecule is C[C@H](NC(=O)N1CCC2(CC1)C(=O)N(c1ccccn1)C2c1ccccn1)c1ccc(F)cc1. The average Bonchev–Trinajstić information content (AvgIpc) is 2.88. The molecule has 2 aromatic heterocycles. The van der Waals surface area contributed by atoms with Gasteiger partial charge in [0.2, 0.25) is 5.91 Å². The van der Waals surface area contributed by atoms with Gasteiger partial charge in [-0.2, -0.15) is 0 Å². The number of piperidine rings is 1. The normalized spacial score (nSPS) is 20.1. The number of carbonyl (C=O) groups is 2. The summed E-state index contributed by atoms with van der Waals surface area (Å²) in [7, 11) is 0. The lowest BCUT2D eigenvalue weighted by Crippen LogP contribution is -2.67. The summed E-state index contributed by atoms with van der Waals surface area (Å²) in [6.45, 7) is 2.80. The van der Waals surface area contributed by atoms with Crippen molar-refractivity contribution in [2.75, 3.05) is 18.0 Å². The van der Waals surface area contributed by atoms with Gasteiger partial charge < -0.3 is 10.2 Å². The van der Waals surface area contributed by atoms with Crippen LogP contribution in [0.15, 0.2) is 73.1 Å². The third kappa shape index (κ3) is 3.79. The third-order valence-corrected chi connectivity index (χ3v) is 6.94. The first-order valence-electron chi connectivity index (χ1n) is 11.5. The Kier molecular flexibility index (Phi) is 5.73. The number of anilines is 1. The molecule has 0 radical (unpaired) electrons. The second-order valence-electron chi connectivity index (χ2n) is 8.89. The van der Waals surface area contributed by atoms with Crippen LogP contribution >= 0.6 is 0 Å². The highest BCUT2D eigenvalue weighted by Gasteiger charge is 2.63. The summed E-state index contributed by atoms with van der Waals surface area (Å²) in [4.78, 5) is 38.8. The van der Waals surface area contributed by atoms with Gasteiger partial charge in [-0.05, 0) is 61.7 Å². The fraction of sp³-hybridized carbons (Fsp3) is 0.308. The van der Waals surface area contributed by atoms with E-state index in [1.54, 1.807) is 34.3 Å². The summed E-state index contributed by atoms with van der Waals surface area (Å²) in [5, 5.41) is 2.98. The largest absolute Gasteiger partial charge is 0.331 e. The summed E-state index contributed by atoms with van der Waals surface area (Å²) in [5.41, 5.74) is 1.06. The molecular formula is C26H26FN5O2. The molecule has 3 aromatic rings. The number of hydrogen-bond acceptors (Lipinski definition) is 4. The summed E-state index contributed by atoms with van der Waals surface area (Å²) >= 11 is 0. The van der Waals surface area contributed by atoms with Crippen molar-refractivity contribution in [1.82, 2.24) is 20.2 Å². The molecule has 34 heavy (non-hydrogen) atoms. The number of nitrogens with one attached hydrogen (secondary N) is 1. The highest BCUT2D eigenvalue weighted by Crippen LogP contribution is 2.56. The van der Waals surface area contributed by atoms with Crippen LogP contribution in [-0.2, 0) is 4.79 Å². The molecule has 1 unspecified atom stereocenters. The number of β-lactam (4-membered cyclic amide) rings is 1. The van der Waals surface area contributed by atoms with Gasteiger partial charge in [-0.1, -0.05) is 24.3 Å². The molecule has 2 fully saturated rings. The Morgan fingerprint density at radius 3 is 2.32 bits per heavy atom. The maximum absolute atomic E-state index is 13.5. The van der Waals surface area contributed by atoms with E-state index in [0.29, 0.717) is 31.7 Å². The Morgan fingerprint density at radius 1 is 1.03 bits per heavy atom. The molecule has 0 aliphatic carbocycles. The Bertz CT molecular complexity index is 1160. The van der Waals surface area contributed by atoms with Crippen LogP contribution in [0.5, 0.6) is 0 Å². The van der Waals surface area contributed by atoms with E-state index in [0.717, 1.165) is 11.3 Å². The highest BCUT2D eigenvalue weighted by atomic mass is 19.1. The van der Waals surface area contributed by atoms with Crippen LogP contribution in [0.3, 0.4) is 0 Å². The van der Waals surface area contributed by atoms with E-state index in [1.807, 2.05) is 43.3 Å². The minimum Gasteiger partial charge on any atom is -0.331 e. The maximum Gasteiger partial charge on any atom is 0.317 e. The molecule has 2 atom stereocenters. The molecule has 174 valence electrons. The van der Waals surface area contributed by atoms with Crippen molar-refractivity contribution in [2.24, 2.45) is 5.41 Å². The lowest BCUT2D eigenvalue weighted by molar-refractivity contribution is -0.144. The fourth-order valence-electron chi connectivity index (χ4n) is 5.05. The van der Waals surface area contributed by atoms with Crippen LogP contribution in [-0.4, -0.2) is 39.9 Å². The van der Waals surface area contributed by atoms with Crippen molar-refractivity contribution < 1.29 is 14.0 Å². The molecule has 5 rings (SSSR count). The summed E-state index contributed by atoms with van der Waals surface area (Å²) in [6, 6.07) is 16.7. The van der Waals surface area contributed by atoms with Gasteiger partial charge >= 0.3 is 6.03 Å². The predicted octanol–water partition coefficient (Wildman–Crippen LogP) is 4.26. The molecule has 1 aromatic carbocycles. The third-order valence-electron chi connectivity index (χ3n) is 6.94. The van der Waals surface area contributed by atoms with Crippen LogP contribution in [0.25, 0.3) is 0 Å². The van der Waals surface area contributed by atoms with E-state index in [1.165, 1.54) is 12.1 Å². The number of aromatic nitrogens is 2. The number of urea groups is 1. The smallest absolute Gasteiger partial charge is 0.317 e. The Morgan fingerprint density at radius 2 is 1.71 bits per heavy atom. The van der Waals surface area contributed by atoms with E-state index in [9.17, 15) is 14.0 Å². The van der Waals surface area contributed by atoms with Gasteiger partial charge in [0.15, 0.2) is 0 Å². The monoisotopic (exact) mass is 459 g/mol. The molecule has 2 aliphatic rings. The summed E-state index contributed by atoms with van der Waals surface area (Å²) in [6.07, 6.45) is 4.52. The average molecular weight is 460 g/mol. The predicted molar refractivity (Wildman–Crippen MR) is 125 cm³/mol. The van der Waals surface area contributed by atoms with Crippen LogP contribution in [0.2, 0.25) is 0 Å². The number of hydrogen-bond donors (Lipinski definition) is 1. The van der Waals surface area contributed by atoms with Crippen LogP contribution < -0.4 is 10.2 Å². The molecule has 0 saturated carbocycles. The molecule has 1 spiro atoms. The Hall–Kier alpha value is -3.81. The van der Waals surface area contributed by atoms with Crippen molar-refractivity contribution in [3.05, 3.63) is 90.1 Å². The van der Waals surface area contributed by atoms with Gasteiger partial charge in [-0.15, -0.1) is 0 Å². The lowest BCUT2D eigenvalue weighted by atomic mass is 9.63. The molecular weight excluding hydrogens is 433 g/mol. The standard InChI is InChI=1S/C26H26FN5O2/c1-18(19-8-10-20(27)11-9-19)30-25(34)31-16-12-26(13-17-31)23(21-6-2-4-14-28-21)32(24(26)33)22-7-3-5-15-29-22/h2-11,14-15,18,23H,12-13,16-17H2,1H3,(H,30,34)/t18-,23?/m0/s1. The van der Waals surface area contributed by atoms with Gasteiger partial charge in [0, 0.05) is 25.5 Å². The Balaban J connectivity index is 1.31. The van der Waals surface area contributed by atoms with Crippen molar-refractivity contribution in [2.45, 2.75) is 31.8 Å². The van der Waals surface area contributed by atoms with E-state index in [4.69, 9.17) is 0 Å². The fourth-order valence-corrected chi connectivity index (χ4v) is 5.05. The zero-order valence-electron chi connectivity index (χ0n) is 18.9. The highest BCUT2D eigenvalue weighted by molar-refractivity contribution is 6.05. The van der Waals surface area contributed by atoms with Gasteiger partial charge in [0.1, 0.15) is 11.6 Å². The maximum atomic E-state index is 13.5. The zero-order valence-corrected chi connectivity index (χ0v) is 18.9. The molecule has 2 saturated heterocycles. The Labute approximate surface area is 197 Å². The quantitative estimate of drug-likeness (QED) is 0.592. The zero-order chi connectivity index (χ0) is 23.7. The molecule has 8 heteroatoms. The van der Waals surface area contributed by atoms with Gasteiger partial charge in [-0.25, -0.2) is 14.2 Å². The molecule has 3 amide bonds. The van der Waals surface area contributed by atoms with Crippen molar-refractivity contribution in [3.63, 3.8) is 0 Å². The first-order valence-corrected chi connectivity index (χ1v) is 11.5. The van der Waals surface area contributed by atoms with Gasteiger partial charge in [0.05, 0.1) is 23.2 Å². The molecule has 4 heterocycles.